The van der Waals surface area contributed by atoms with Gasteiger partial charge in [-0.3, -0.25) is 9.59 Å². The SMILES string of the molecule is CC(=O)c1ccc(OCC(=O)NCc2cn(-c3ccccc3)nc2-c2ccc(F)cc2)cc1. The number of para-hydroxylation sites is 1. The van der Waals surface area contributed by atoms with E-state index in [9.17, 15) is 14.0 Å². The number of nitrogens with one attached hydrogen (secondary N) is 1. The van der Waals surface area contributed by atoms with Gasteiger partial charge in [0, 0.05) is 29.4 Å². The zero-order valence-corrected chi connectivity index (χ0v) is 18.0. The van der Waals surface area contributed by atoms with Crippen molar-refractivity contribution in [2.24, 2.45) is 0 Å². The summed E-state index contributed by atoms with van der Waals surface area (Å²) >= 11 is 0. The molecule has 0 aliphatic rings. The maximum Gasteiger partial charge on any atom is 0.258 e. The Morgan fingerprint density at radius 1 is 0.970 bits per heavy atom. The Morgan fingerprint density at radius 2 is 1.67 bits per heavy atom. The van der Waals surface area contributed by atoms with E-state index in [1.54, 1.807) is 41.1 Å². The van der Waals surface area contributed by atoms with Crippen LogP contribution in [-0.2, 0) is 11.3 Å². The summed E-state index contributed by atoms with van der Waals surface area (Å²) in [6.07, 6.45) is 1.84. The normalized spacial score (nSPS) is 10.6. The zero-order valence-electron chi connectivity index (χ0n) is 18.0. The van der Waals surface area contributed by atoms with Crippen LogP contribution in [0.5, 0.6) is 5.75 Å². The molecule has 1 heterocycles. The Balaban J connectivity index is 1.46. The van der Waals surface area contributed by atoms with Crippen LogP contribution in [0.4, 0.5) is 4.39 Å². The molecule has 0 spiro atoms. The highest BCUT2D eigenvalue weighted by molar-refractivity contribution is 5.94. The van der Waals surface area contributed by atoms with E-state index in [1.165, 1.54) is 19.1 Å². The van der Waals surface area contributed by atoms with Crippen LogP contribution in [-0.4, -0.2) is 28.1 Å². The lowest BCUT2D eigenvalue weighted by molar-refractivity contribution is -0.123. The average Bonchev–Trinajstić information content (AvgIpc) is 3.27. The number of carbonyl (C=O) groups excluding carboxylic acids is 2. The Labute approximate surface area is 190 Å². The lowest BCUT2D eigenvalue weighted by atomic mass is 10.1. The Kier molecular flexibility index (Phi) is 6.59. The molecule has 1 amide bonds. The molecular formula is C26H22FN3O3. The van der Waals surface area contributed by atoms with E-state index in [-0.39, 0.29) is 30.7 Å². The number of carbonyl (C=O) groups is 2. The fourth-order valence-corrected chi connectivity index (χ4v) is 3.28. The molecule has 0 fully saturated rings. The Bertz CT molecular complexity index is 1250. The summed E-state index contributed by atoms with van der Waals surface area (Å²) in [4.78, 5) is 23.7. The van der Waals surface area contributed by atoms with Gasteiger partial charge in [-0.2, -0.15) is 5.10 Å². The van der Waals surface area contributed by atoms with Gasteiger partial charge in [-0.15, -0.1) is 0 Å². The van der Waals surface area contributed by atoms with Crippen molar-refractivity contribution in [1.82, 2.24) is 15.1 Å². The van der Waals surface area contributed by atoms with Crippen molar-refractivity contribution in [3.05, 3.63) is 102 Å². The van der Waals surface area contributed by atoms with Crippen molar-refractivity contribution in [1.29, 1.82) is 0 Å². The highest BCUT2D eigenvalue weighted by Gasteiger charge is 2.14. The standard InChI is InChI=1S/C26H22FN3O3/c1-18(31)19-9-13-24(14-10-19)33-17-25(32)28-15-21-16-30(23-5-3-2-4-6-23)29-26(21)20-7-11-22(27)12-8-20/h2-14,16H,15,17H2,1H3,(H,28,32). The smallest absolute Gasteiger partial charge is 0.258 e. The minimum absolute atomic E-state index is 0.0349. The van der Waals surface area contributed by atoms with E-state index < -0.39 is 0 Å². The summed E-state index contributed by atoms with van der Waals surface area (Å²) in [5.74, 6) is -0.168. The molecule has 4 rings (SSSR count). The molecule has 0 saturated carbocycles. The number of ether oxygens (including phenoxy) is 1. The van der Waals surface area contributed by atoms with Gasteiger partial charge in [-0.1, -0.05) is 18.2 Å². The van der Waals surface area contributed by atoms with Crippen molar-refractivity contribution in [3.8, 4) is 22.7 Å². The third-order valence-electron chi connectivity index (χ3n) is 5.04. The molecule has 0 bridgehead atoms. The van der Waals surface area contributed by atoms with Gasteiger partial charge in [0.25, 0.3) is 5.91 Å². The highest BCUT2D eigenvalue weighted by atomic mass is 19.1. The molecule has 0 aliphatic heterocycles. The first-order chi connectivity index (χ1) is 16.0. The van der Waals surface area contributed by atoms with Crippen LogP contribution in [0.15, 0.2) is 85.1 Å². The van der Waals surface area contributed by atoms with E-state index in [0.717, 1.165) is 16.8 Å². The molecule has 0 atom stereocenters. The molecule has 4 aromatic rings. The monoisotopic (exact) mass is 443 g/mol. The van der Waals surface area contributed by atoms with Crippen molar-refractivity contribution >= 4 is 11.7 Å². The second kappa shape index (κ2) is 9.91. The molecule has 33 heavy (non-hydrogen) atoms. The molecule has 0 aliphatic carbocycles. The van der Waals surface area contributed by atoms with Crippen molar-refractivity contribution < 1.29 is 18.7 Å². The molecule has 6 nitrogen and oxygen atoms in total. The van der Waals surface area contributed by atoms with E-state index in [2.05, 4.69) is 10.4 Å². The summed E-state index contributed by atoms with van der Waals surface area (Å²) in [6, 6.07) is 22.3. The molecule has 0 radical (unpaired) electrons. The predicted octanol–water partition coefficient (Wildman–Crippen LogP) is 4.58. The van der Waals surface area contributed by atoms with Crippen LogP contribution in [0.3, 0.4) is 0 Å². The molecule has 0 saturated heterocycles. The van der Waals surface area contributed by atoms with Crippen LogP contribution in [0.2, 0.25) is 0 Å². The third kappa shape index (κ3) is 5.51. The number of ketones is 1. The van der Waals surface area contributed by atoms with Crippen molar-refractivity contribution in [2.75, 3.05) is 6.61 Å². The molecule has 7 heteroatoms. The Morgan fingerprint density at radius 3 is 2.33 bits per heavy atom. The van der Waals surface area contributed by atoms with Gasteiger partial charge in [0.15, 0.2) is 12.4 Å². The highest BCUT2D eigenvalue weighted by Crippen LogP contribution is 2.24. The number of Topliss-reactive ketones (excluding diaryl/α,β-unsaturated/α-hetero) is 1. The average molecular weight is 443 g/mol. The second-order valence-electron chi connectivity index (χ2n) is 7.44. The number of rotatable bonds is 8. The topological polar surface area (TPSA) is 73.2 Å². The number of aromatic nitrogens is 2. The zero-order chi connectivity index (χ0) is 23.2. The van der Waals surface area contributed by atoms with Crippen LogP contribution >= 0.6 is 0 Å². The molecule has 1 aromatic heterocycles. The number of benzene rings is 3. The fraction of sp³-hybridized carbons (Fsp3) is 0.115. The van der Waals surface area contributed by atoms with Crippen LogP contribution < -0.4 is 10.1 Å². The maximum absolute atomic E-state index is 13.4. The van der Waals surface area contributed by atoms with Crippen LogP contribution in [0, 0.1) is 5.82 Å². The predicted molar refractivity (Wildman–Crippen MR) is 123 cm³/mol. The van der Waals surface area contributed by atoms with E-state index in [0.29, 0.717) is 17.0 Å². The van der Waals surface area contributed by atoms with Crippen molar-refractivity contribution in [2.45, 2.75) is 13.5 Å². The van der Waals surface area contributed by atoms with Gasteiger partial charge < -0.3 is 10.1 Å². The second-order valence-corrected chi connectivity index (χ2v) is 7.44. The van der Waals surface area contributed by atoms with Gasteiger partial charge in [0.1, 0.15) is 11.6 Å². The number of hydrogen-bond acceptors (Lipinski definition) is 4. The van der Waals surface area contributed by atoms with E-state index in [4.69, 9.17) is 4.74 Å². The molecule has 0 unspecified atom stereocenters. The lowest BCUT2D eigenvalue weighted by Crippen LogP contribution is -2.28. The number of amides is 1. The van der Waals surface area contributed by atoms with Gasteiger partial charge >= 0.3 is 0 Å². The van der Waals surface area contributed by atoms with Gasteiger partial charge in [-0.25, -0.2) is 9.07 Å². The van der Waals surface area contributed by atoms with Crippen LogP contribution in [0.25, 0.3) is 16.9 Å². The summed E-state index contributed by atoms with van der Waals surface area (Å²) < 4.78 is 20.6. The minimum Gasteiger partial charge on any atom is -0.484 e. The van der Waals surface area contributed by atoms with E-state index >= 15 is 0 Å². The lowest BCUT2D eigenvalue weighted by Gasteiger charge is -2.08. The summed E-state index contributed by atoms with van der Waals surface area (Å²) in [5.41, 5.74) is 3.63. The third-order valence-corrected chi connectivity index (χ3v) is 5.04. The maximum atomic E-state index is 13.4. The van der Waals surface area contributed by atoms with Gasteiger partial charge in [-0.05, 0) is 67.6 Å². The van der Waals surface area contributed by atoms with Crippen molar-refractivity contribution in [3.63, 3.8) is 0 Å². The molecular weight excluding hydrogens is 421 g/mol. The first-order valence-corrected chi connectivity index (χ1v) is 10.4. The largest absolute Gasteiger partial charge is 0.484 e. The van der Waals surface area contributed by atoms with E-state index in [1.807, 2.05) is 36.5 Å². The number of hydrogen-bond donors (Lipinski definition) is 1. The summed E-state index contributed by atoms with van der Waals surface area (Å²) in [7, 11) is 0. The number of nitrogens with zero attached hydrogens (tertiary/aromatic N) is 2. The summed E-state index contributed by atoms with van der Waals surface area (Å²) in [6.45, 7) is 1.55. The molecule has 3 aromatic carbocycles. The first-order valence-electron chi connectivity index (χ1n) is 10.4. The fourth-order valence-electron chi connectivity index (χ4n) is 3.28. The quantitative estimate of drug-likeness (QED) is 0.405. The molecule has 1 N–H and O–H groups in total. The summed E-state index contributed by atoms with van der Waals surface area (Å²) in [5, 5.41) is 7.50. The van der Waals surface area contributed by atoms with Gasteiger partial charge in [0.05, 0.1) is 11.4 Å². The van der Waals surface area contributed by atoms with Crippen LogP contribution in [0.1, 0.15) is 22.8 Å². The Hall–Kier alpha value is -4.26. The first kappa shape index (κ1) is 22.0. The minimum atomic E-state index is -0.329. The number of halogens is 1. The molecule has 166 valence electrons. The van der Waals surface area contributed by atoms with Gasteiger partial charge in [0.2, 0.25) is 0 Å².